The van der Waals surface area contributed by atoms with Crippen LogP contribution in [0.3, 0.4) is 0 Å². The molecule has 3 N–H and O–H groups in total. The Morgan fingerprint density at radius 3 is 2.64 bits per heavy atom. The lowest BCUT2D eigenvalue weighted by atomic mass is 9.92. The van der Waals surface area contributed by atoms with E-state index in [-0.39, 0.29) is 18.0 Å². The standard InChI is InChI=1S/C17H16N4O4/c1-17(15(24)19-16(25)20-17)11-5-4-6-12(9-11)18-13(22)10-21-8-3-2-7-14(21)23/h2-9H,10H2,1H3,(H,18,22)(H2,19,20,24,25)/t17-/m0/s1. The Hall–Kier alpha value is -3.42. The normalized spacial score (nSPS) is 19.2. The molecule has 1 aliphatic rings. The summed E-state index contributed by atoms with van der Waals surface area (Å²) in [7, 11) is 0. The predicted octanol–water partition coefficient (Wildman–Crippen LogP) is 0.542. The third kappa shape index (κ3) is 3.27. The first-order valence-corrected chi connectivity index (χ1v) is 7.58. The first-order chi connectivity index (χ1) is 11.9. The summed E-state index contributed by atoms with van der Waals surface area (Å²) in [4.78, 5) is 47.2. The van der Waals surface area contributed by atoms with E-state index < -0.39 is 17.5 Å². The Kier molecular flexibility index (Phi) is 4.10. The number of aromatic nitrogens is 1. The highest BCUT2D eigenvalue weighted by molar-refractivity contribution is 6.07. The van der Waals surface area contributed by atoms with Crippen LogP contribution in [-0.4, -0.2) is 22.4 Å². The molecule has 0 saturated carbocycles. The Balaban J connectivity index is 1.77. The molecule has 1 atom stereocenters. The number of nitrogens with zero attached hydrogens (tertiary/aromatic N) is 1. The van der Waals surface area contributed by atoms with E-state index in [1.807, 2.05) is 0 Å². The maximum atomic E-state index is 12.1. The summed E-state index contributed by atoms with van der Waals surface area (Å²) < 4.78 is 1.28. The fourth-order valence-electron chi connectivity index (χ4n) is 2.60. The average Bonchev–Trinajstić information content (AvgIpc) is 2.83. The SMILES string of the molecule is C[C@@]1(c2cccc(NC(=O)Cn3ccccc3=O)c2)NC(=O)NC1=O. The molecule has 1 saturated heterocycles. The van der Waals surface area contributed by atoms with Gasteiger partial charge in [0.25, 0.3) is 11.5 Å². The number of hydrogen-bond acceptors (Lipinski definition) is 4. The molecule has 25 heavy (non-hydrogen) atoms. The van der Waals surface area contributed by atoms with Gasteiger partial charge in [-0.05, 0) is 30.7 Å². The molecule has 4 amide bonds. The van der Waals surface area contributed by atoms with Gasteiger partial charge in [0.2, 0.25) is 5.91 Å². The van der Waals surface area contributed by atoms with Gasteiger partial charge in [-0.2, -0.15) is 0 Å². The van der Waals surface area contributed by atoms with Crippen LogP contribution in [-0.2, 0) is 21.7 Å². The molecule has 0 radical (unpaired) electrons. The number of benzene rings is 1. The zero-order chi connectivity index (χ0) is 18.0. The van der Waals surface area contributed by atoms with Crippen LogP contribution in [0.5, 0.6) is 0 Å². The Morgan fingerprint density at radius 2 is 1.96 bits per heavy atom. The van der Waals surface area contributed by atoms with Crippen molar-refractivity contribution in [2.75, 3.05) is 5.32 Å². The summed E-state index contributed by atoms with van der Waals surface area (Å²) in [5, 5.41) is 7.44. The predicted molar refractivity (Wildman–Crippen MR) is 89.8 cm³/mol. The third-order valence-corrected chi connectivity index (χ3v) is 3.98. The van der Waals surface area contributed by atoms with Crippen molar-refractivity contribution in [2.24, 2.45) is 0 Å². The fourth-order valence-corrected chi connectivity index (χ4v) is 2.60. The van der Waals surface area contributed by atoms with E-state index in [9.17, 15) is 19.2 Å². The van der Waals surface area contributed by atoms with Crippen molar-refractivity contribution in [3.05, 3.63) is 64.6 Å². The first-order valence-electron chi connectivity index (χ1n) is 7.58. The molecule has 8 nitrogen and oxygen atoms in total. The van der Waals surface area contributed by atoms with Crippen molar-refractivity contribution in [3.8, 4) is 0 Å². The second kappa shape index (κ2) is 6.23. The van der Waals surface area contributed by atoms with Gasteiger partial charge in [-0.25, -0.2) is 4.79 Å². The second-order valence-electron chi connectivity index (χ2n) is 5.83. The number of pyridine rings is 1. The molecule has 3 rings (SSSR count). The molecule has 128 valence electrons. The Bertz CT molecular complexity index is 921. The van der Waals surface area contributed by atoms with E-state index in [0.29, 0.717) is 11.3 Å². The number of anilines is 1. The van der Waals surface area contributed by atoms with Gasteiger partial charge in [0.1, 0.15) is 12.1 Å². The van der Waals surface area contributed by atoms with Gasteiger partial charge in [0.05, 0.1) is 0 Å². The molecule has 2 heterocycles. The van der Waals surface area contributed by atoms with Crippen molar-refractivity contribution in [3.63, 3.8) is 0 Å². The lowest BCUT2D eigenvalue weighted by Gasteiger charge is -2.21. The Labute approximate surface area is 142 Å². The van der Waals surface area contributed by atoms with E-state index in [0.717, 1.165) is 0 Å². The van der Waals surface area contributed by atoms with E-state index in [2.05, 4.69) is 16.0 Å². The highest BCUT2D eigenvalue weighted by atomic mass is 16.2. The van der Waals surface area contributed by atoms with Crippen LogP contribution in [0.2, 0.25) is 0 Å². The van der Waals surface area contributed by atoms with Crippen LogP contribution >= 0.6 is 0 Å². The molecule has 0 unspecified atom stereocenters. The molecule has 8 heteroatoms. The van der Waals surface area contributed by atoms with Gasteiger partial charge in [-0.15, -0.1) is 0 Å². The molecule has 1 fully saturated rings. The number of urea groups is 1. The first kappa shape index (κ1) is 16.4. The zero-order valence-electron chi connectivity index (χ0n) is 13.4. The molecular formula is C17H16N4O4. The lowest BCUT2D eigenvalue weighted by molar-refractivity contribution is -0.123. The quantitative estimate of drug-likeness (QED) is 0.706. The summed E-state index contributed by atoms with van der Waals surface area (Å²) in [5.74, 6) is -0.840. The maximum absolute atomic E-state index is 12.1. The summed E-state index contributed by atoms with van der Waals surface area (Å²) in [6.45, 7) is 1.45. The van der Waals surface area contributed by atoms with Crippen molar-refractivity contribution >= 4 is 23.5 Å². The van der Waals surface area contributed by atoms with Crippen LogP contribution < -0.4 is 21.5 Å². The smallest absolute Gasteiger partial charge is 0.322 e. The number of amides is 4. The van der Waals surface area contributed by atoms with Crippen LogP contribution in [0.15, 0.2) is 53.5 Å². The third-order valence-electron chi connectivity index (χ3n) is 3.98. The van der Waals surface area contributed by atoms with Gasteiger partial charge in [0, 0.05) is 18.0 Å². The minimum Gasteiger partial charge on any atom is -0.325 e. The maximum Gasteiger partial charge on any atom is 0.322 e. The van der Waals surface area contributed by atoms with Gasteiger partial charge in [-0.1, -0.05) is 18.2 Å². The summed E-state index contributed by atoms with van der Waals surface area (Å²) in [6.07, 6.45) is 1.53. The van der Waals surface area contributed by atoms with E-state index in [4.69, 9.17) is 0 Å². The molecule has 1 aromatic carbocycles. The monoisotopic (exact) mass is 340 g/mol. The topological polar surface area (TPSA) is 109 Å². The molecule has 1 aliphatic heterocycles. The van der Waals surface area contributed by atoms with E-state index in [1.165, 1.54) is 16.8 Å². The lowest BCUT2D eigenvalue weighted by Crippen LogP contribution is -2.40. The number of hydrogen-bond donors (Lipinski definition) is 3. The van der Waals surface area contributed by atoms with Crippen LogP contribution in [0.1, 0.15) is 12.5 Å². The fraction of sp³-hybridized carbons (Fsp3) is 0.176. The highest BCUT2D eigenvalue weighted by Crippen LogP contribution is 2.26. The highest BCUT2D eigenvalue weighted by Gasteiger charge is 2.43. The van der Waals surface area contributed by atoms with Gasteiger partial charge in [0.15, 0.2) is 0 Å². The van der Waals surface area contributed by atoms with E-state index in [1.54, 1.807) is 43.3 Å². The summed E-state index contributed by atoms with van der Waals surface area (Å²) >= 11 is 0. The van der Waals surface area contributed by atoms with Crippen LogP contribution in [0.4, 0.5) is 10.5 Å². The van der Waals surface area contributed by atoms with Crippen molar-refractivity contribution in [1.82, 2.24) is 15.2 Å². The summed E-state index contributed by atoms with van der Waals surface area (Å²) in [6, 6.07) is 10.7. The molecule has 2 aromatic rings. The number of imide groups is 1. The Morgan fingerprint density at radius 1 is 1.16 bits per heavy atom. The van der Waals surface area contributed by atoms with Crippen molar-refractivity contribution in [2.45, 2.75) is 19.0 Å². The number of rotatable bonds is 4. The van der Waals surface area contributed by atoms with Gasteiger partial charge in [-0.3, -0.25) is 19.7 Å². The molecule has 0 spiro atoms. The van der Waals surface area contributed by atoms with Crippen molar-refractivity contribution < 1.29 is 14.4 Å². The number of carbonyl (C=O) groups excluding carboxylic acids is 3. The molecular weight excluding hydrogens is 324 g/mol. The van der Waals surface area contributed by atoms with Crippen LogP contribution in [0.25, 0.3) is 0 Å². The molecule has 1 aromatic heterocycles. The van der Waals surface area contributed by atoms with Gasteiger partial charge < -0.3 is 15.2 Å². The average molecular weight is 340 g/mol. The minimum absolute atomic E-state index is 0.127. The minimum atomic E-state index is -1.20. The van der Waals surface area contributed by atoms with E-state index >= 15 is 0 Å². The number of carbonyl (C=O) groups is 3. The second-order valence-corrected chi connectivity index (χ2v) is 5.83. The number of nitrogens with one attached hydrogen (secondary N) is 3. The molecule has 0 bridgehead atoms. The zero-order valence-corrected chi connectivity index (χ0v) is 13.4. The van der Waals surface area contributed by atoms with Crippen molar-refractivity contribution in [1.29, 1.82) is 0 Å². The molecule has 0 aliphatic carbocycles. The van der Waals surface area contributed by atoms with Gasteiger partial charge >= 0.3 is 6.03 Å². The summed E-state index contributed by atoms with van der Waals surface area (Å²) in [5.41, 5.74) is -0.481. The van der Waals surface area contributed by atoms with Crippen LogP contribution in [0, 0.1) is 0 Å². The largest absolute Gasteiger partial charge is 0.325 e.